The minimum Gasteiger partial charge on any atom is -0.463 e. The molecule has 1 rings (SSSR count). The van der Waals surface area contributed by atoms with E-state index in [-0.39, 0.29) is 5.49 Å². The van der Waals surface area contributed by atoms with Crippen molar-refractivity contribution in [2.24, 2.45) is 0 Å². The molecular weight excluding hydrogens is 206 g/mol. The highest BCUT2D eigenvalue weighted by Crippen LogP contribution is 1.98. The van der Waals surface area contributed by atoms with Gasteiger partial charge in [-0.3, -0.25) is 15.4 Å². The van der Waals surface area contributed by atoms with Crippen LogP contribution in [-0.2, 0) is 9.53 Å². The monoisotopic (exact) mass is 219 g/mol. The molecule has 0 unspecified atom stereocenters. The number of esters is 1. The first-order chi connectivity index (χ1) is 7.67. The molecule has 5 nitrogen and oxygen atoms in total. The number of pyridine rings is 1. The molecule has 0 aromatic carbocycles. The molecule has 0 radical (unpaired) electrons. The van der Waals surface area contributed by atoms with Gasteiger partial charge in [-0.1, -0.05) is 0 Å². The van der Waals surface area contributed by atoms with Gasteiger partial charge in [0.2, 0.25) is 0 Å². The van der Waals surface area contributed by atoms with E-state index in [0.717, 1.165) is 11.9 Å². The lowest BCUT2D eigenvalue weighted by atomic mass is 10.2. The summed E-state index contributed by atoms with van der Waals surface area (Å²) in [5.41, 5.74) is 0.941. The normalized spacial score (nSPS) is 10.3. The van der Waals surface area contributed by atoms with Crippen LogP contribution in [0, 0.1) is 10.8 Å². The predicted molar refractivity (Wildman–Crippen MR) is 60.1 cm³/mol. The van der Waals surface area contributed by atoms with Gasteiger partial charge in [0.1, 0.15) is 5.49 Å². The quantitative estimate of drug-likeness (QED) is 0.343. The van der Waals surface area contributed by atoms with Gasteiger partial charge in [-0.25, -0.2) is 4.79 Å². The van der Waals surface area contributed by atoms with E-state index < -0.39 is 5.97 Å². The number of hydrogen-bond donors (Lipinski definition) is 2. The number of rotatable bonds is 4. The summed E-state index contributed by atoms with van der Waals surface area (Å²) in [6.45, 7) is 2.08. The molecule has 5 heteroatoms. The largest absolute Gasteiger partial charge is 0.463 e. The first-order valence-electron chi connectivity index (χ1n) is 4.79. The summed E-state index contributed by atoms with van der Waals surface area (Å²) in [4.78, 5) is 11.0. The van der Waals surface area contributed by atoms with Gasteiger partial charge in [0.25, 0.3) is 0 Å². The Morgan fingerprint density at radius 1 is 1.56 bits per heavy atom. The molecule has 2 N–H and O–H groups in total. The zero-order valence-corrected chi connectivity index (χ0v) is 8.93. The number of carbonyl (C=O) groups is 1. The number of nitrogens with one attached hydrogen (secondary N) is 2. The summed E-state index contributed by atoms with van der Waals surface area (Å²) in [5, 5.41) is 14.5. The zero-order chi connectivity index (χ0) is 12.0. The van der Waals surface area contributed by atoms with Crippen LogP contribution in [0.5, 0.6) is 0 Å². The molecule has 1 heterocycles. The Kier molecular flexibility index (Phi) is 4.20. The molecule has 0 aliphatic carbocycles. The van der Waals surface area contributed by atoms with Gasteiger partial charge in [0.15, 0.2) is 0 Å². The number of nitrogens with zero attached hydrogens (tertiary/aromatic N) is 1. The molecule has 84 valence electrons. The molecule has 0 saturated carbocycles. The SMILES string of the molecule is CCOC(=O)/C=C/c1ccc(=N)n(C=N)c1. The van der Waals surface area contributed by atoms with Crippen molar-refractivity contribution in [1.29, 1.82) is 10.8 Å². The van der Waals surface area contributed by atoms with Crippen LogP contribution in [0.25, 0.3) is 6.08 Å². The van der Waals surface area contributed by atoms with Crippen LogP contribution in [0.15, 0.2) is 24.4 Å². The third-order valence-electron chi connectivity index (χ3n) is 1.84. The second-order valence-electron chi connectivity index (χ2n) is 2.97. The van der Waals surface area contributed by atoms with E-state index in [1.807, 2.05) is 0 Å². The van der Waals surface area contributed by atoms with Gasteiger partial charge in [-0.2, -0.15) is 0 Å². The lowest BCUT2D eigenvalue weighted by Crippen LogP contribution is -2.17. The predicted octanol–water partition coefficient (Wildman–Crippen LogP) is 0.999. The smallest absolute Gasteiger partial charge is 0.330 e. The van der Waals surface area contributed by atoms with Gasteiger partial charge in [0.05, 0.1) is 12.9 Å². The Balaban J connectivity index is 2.86. The molecule has 0 aliphatic rings. The molecule has 0 fully saturated rings. The van der Waals surface area contributed by atoms with Crippen molar-refractivity contribution in [3.8, 4) is 0 Å². The lowest BCUT2D eigenvalue weighted by molar-refractivity contribution is -0.137. The summed E-state index contributed by atoms with van der Waals surface area (Å²) in [6.07, 6.45) is 5.52. The summed E-state index contributed by atoms with van der Waals surface area (Å²) in [6, 6.07) is 3.24. The third kappa shape index (κ3) is 3.20. The number of hydrogen-bond acceptors (Lipinski definition) is 4. The average molecular weight is 219 g/mol. The molecule has 16 heavy (non-hydrogen) atoms. The standard InChI is InChI=1S/C11H13N3O2/c1-2-16-11(15)6-4-9-3-5-10(13)14(7-9)8-12/h3-8,12-13H,2H2,1H3/b6-4+,12-8?,13-10?. The van der Waals surface area contributed by atoms with Crippen LogP contribution >= 0.6 is 0 Å². The van der Waals surface area contributed by atoms with Crippen LogP contribution in [0.2, 0.25) is 0 Å². The van der Waals surface area contributed by atoms with Crippen LogP contribution < -0.4 is 5.49 Å². The lowest BCUT2D eigenvalue weighted by Gasteiger charge is -2.00. The van der Waals surface area contributed by atoms with Gasteiger partial charge >= 0.3 is 5.97 Å². The van der Waals surface area contributed by atoms with Gasteiger partial charge < -0.3 is 4.74 Å². The summed E-state index contributed by atoms with van der Waals surface area (Å²) < 4.78 is 6.07. The van der Waals surface area contributed by atoms with E-state index >= 15 is 0 Å². The fourth-order valence-electron chi connectivity index (χ4n) is 1.09. The Bertz CT molecular complexity index is 474. The van der Waals surface area contributed by atoms with Crippen LogP contribution in [-0.4, -0.2) is 23.5 Å². The van der Waals surface area contributed by atoms with Crippen molar-refractivity contribution in [2.45, 2.75) is 6.92 Å². The topological polar surface area (TPSA) is 78.9 Å². The molecule has 0 spiro atoms. The number of ether oxygens (including phenoxy) is 1. The second kappa shape index (κ2) is 5.65. The summed E-state index contributed by atoms with van der Waals surface area (Å²) in [5.74, 6) is -0.404. The Morgan fingerprint density at radius 3 is 2.94 bits per heavy atom. The first-order valence-corrected chi connectivity index (χ1v) is 4.79. The maximum absolute atomic E-state index is 11.0. The minimum absolute atomic E-state index is 0.211. The van der Waals surface area contributed by atoms with E-state index in [4.69, 9.17) is 15.6 Å². The second-order valence-corrected chi connectivity index (χ2v) is 2.97. The average Bonchev–Trinajstić information content (AvgIpc) is 2.28. The number of carbonyl (C=O) groups excluding carboxylic acids is 1. The molecule has 0 amide bonds. The van der Waals surface area contributed by atoms with E-state index in [1.54, 1.807) is 31.3 Å². The molecule has 0 saturated heterocycles. The minimum atomic E-state index is -0.404. The molecule has 0 atom stereocenters. The van der Waals surface area contributed by atoms with Gasteiger partial charge in [0, 0.05) is 12.3 Å². The van der Waals surface area contributed by atoms with Gasteiger partial charge in [-0.15, -0.1) is 0 Å². The van der Waals surface area contributed by atoms with E-state index in [0.29, 0.717) is 6.61 Å². The third-order valence-corrected chi connectivity index (χ3v) is 1.84. The van der Waals surface area contributed by atoms with Crippen molar-refractivity contribution < 1.29 is 9.53 Å². The van der Waals surface area contributed by atoms with Crippen LogP contribution in [0.1, 0.15) is 12.5 Å². The van der Waals surface area contributed by atoms with Crippen molar-refractivity contribution in [1.82, 2.24) is 4.57 Å². The van der Waals surface area contributed by atoms with E-state index in [2.05, 4.69) is 0 Å². The van der Waals surface area contributed by atoms with E-state index in [9.17, 15) is 4.79 Å². The fourth-order valence-corrected chi connectivity index (χ4v) is 1.09. The Morgan fingerprint density at radius 2 is 2.31 bits per heavy atom. The fraction of sp³-hybridized carbons (Fsp3) is 0.182. The first kappa shape index (κ1) is 11.9. The van der Waals surface area contributed by atoms with Crippen LogP contribution in [0.3, 0.4) is 0 Å². The molecule has 1 aromatic heterocycles. The zero-order valence-electron chi connectivity index (χ0n) is 8.93. The maximum Gasteiger partial charge on any atom is 0.330 e. The molecular formula is C11H13N3O2. The number of aromatic nitrogens is 1. The summed E-state index contributed by atoms with van der Waals surface area (Å²) >= 11 is 0. The van der Waals surface area contributed by atoms with Crippen molar-refractivity contribution in [3.63, 3.8) is 0 Å². The van der Waals surface area contributed by atoms with Crippen LogP contribution in [0.4, 0.5) is 0 Å². The maximum atomic E-state index is 11.0. The summed E-state index contributed by atoms with van der Waals surface area (Å²) in [7, 11) is 0. The molecule has 0 bridgehead atoms. The molecule has 0 aliphatic heterocycles. The van der Waals surface area contributed by atoms with Crippen molar-refractivity contribution in [3.05, 3.63) is 35.5 Å². The van der Waals surface area contributed by atoms with Crippen molar-refractivity contribution in [2.75, 3.05) is 6.61 Å². The highest BCUT2D eigenvalue weighted by Gasteiger charge is 1.95. The highest BCUT2D eigenvalue weighted by molar-refractivity contribution is 5.87. The Labute approximate surface area is 93.0 Å². The van der Waals surface area contributed by atoms with Gasteiger partial charge in [-0.05, 0) is 30.7 Å². The van der Waals surface area contributed by atoms with Crippen molar-refractivity contribution >= 4 is 18.4 Å². The van der Waals surface area contributed by atoms with E-state index in [1.165, 1.54) is 10.6 Å². The Hall–Kier alpha value is -2.17. The molecule has 1 aromatic rings. The highest BCUT2D eigenvalue weighted by atomic mass is 16.5.